The SMILES string of the molecule is CC[C@H]1C=CCC[C@@]2(C[C@@H]3CC[C@@H]4[C@@H](C(=O)OCCCCCCCCCCCCCCCC(=O)OC)[C@]5(CCC[C@@H](C)O5)N=C(N2)N34)O1. The molecule has 3 fully saturated rings. The number of hydrogen-bond acceptors (Lipinski definition) is 9. The fourth-order valence-electron chi connectivity index (χ4n) is 8.96. The number of ether oxygens (including phenoxy) is 4. The van der Waals surface area contributed by atoms with Gasteiger partial charge in [0.2, 0.25) is 0 Å². The first kappa shape index (κ1) is 37.1. The lowest BCUT2D eigenvalue weighted by molar-refractivity contribution is -0.194. The van der Waals surface area contributed by atoms with Crippen molar-refractivity contribution in [3.63, 3.8) is 0 Å². The molecular weight excluding hydrogens is 606 g/mol. The van der Waals surface area contributed by atoms with Crippen molar-refractivity contribution >= 4 is 17.9 Å². The van der Waals surface area contributed by atoms with Crippen molar-refractivity contribution in [2.45, 2.75) is 197 Å². The van der Waals surface area contributed by atoms with Crippen LogP contribution in [-0.4, -0.2) is 72.3 Å². The molecule has 272 valence electrons. The molecule has 7 atom stereocenters. The van der Waals surface area contributed by atoms with E-state index in [2.05, 4.69) is 36.2 Å². The highest BCUT2D eigenvalue weighted by molar-refractivity contribution is 5.87. The van der Waals surface area contributed by atoms with E-state index in [0.29, 0.717) is 19.1 Å². The summed E-state index contributed by atoms with van der Waals surface area (Å²) in [5.41, 5.74) is -1.30. The number of guanidine groups is 1. The number of allylic oxidation sites excluding steroid dienone is 1. The van der Waals surface area contributed by atoms with Gasteiger partial charge in [0.15, 0.2) is 11.7 Å². The summed E-state index contributed by atoms with van der Waals surface area (Å²) in [5, 5.41) is 3.80. The predicted molar refractivity (Wildman–Crippen MR) is 188 cm³/mol. The molecule has 5 heterocycles. The number of rotatable bonds is 18. The minimum Gasteiger partial charge on any atom is -0.469 e. The Morgan fingerprint density at radius 2 is 1.62 bits per heavy atom. The summed E-state index contributed by atoms with van der Waals surface area (Å²) in [6.07, 6.45) is 29.2. The van der Waals surface area contributed by atoms with Gasteiger partial charge in [-0.05, 0) is 71.1 Å². The van der Waals surface area contributed by atoms with E-state index in [-0.39, 0.29) is 30.2 Å². The molecule has 0 bridgehead atoms. The highest BCUT2D eigenvalue weighted by Crippen LogP contribution is 2.50. The average molecular weight is 672 g/mol. The fourth-order valence-corrected chi connectivity index (χ4v) is 8.96. The van der Waals surface area contributed by atoms with Crippen LogP contribution in [0.5, 0.6) is 0 Å². The van der Waals surface area contributed by atoms with Crippen molar-refractivity contribution < 1.29 is 28.5 Å². The lowest BCUT2D eigenvalue weighted by Gasteiger charge is -2.55. The van der Waals surface area contributed by atoms with Gasteiger partial charge in [0.1, 0.15) is 11.6 Å². The second kappa shape index (κ2) is 18.2. The maximum Gasteiger partial charge on any atom is 0.316 e. The molecular formula is C39H65N3O6. The smallest absolute Gasteiger partial charge is 0.316 e. The number of unbranched alkanes of at least 4 members (excludes halogenated alkanes) is 12. The third kappa shape index (κ3) is 9.55. The van der Waals surface area contributed by atoms with E-state index in [1.54, 1.807) is 0 Å². The molecule has 0 aliphatic carbocycles. The topological polar surface area (TPSA) is 98.7 Å². The number of nitrogens with one attached hydrogen (secondary N) is 1. The number of aliphatic imine (C=N–C) groups is 1. The van der Waals surface area contributed by atoms with Crippen LogP contribution in [0.4, 0.5) is 0 Å². The molecule has 5 rings (SSSR count). The zero-order valence-corrected chi connectivity index (χ0v) is 30.4. The first-order chi connectivity index (χ1) is 23.4. The minimum atomic E-state index is -0.872. The molecule has 0 aromatic heterocycles. The molecule has 5 aliphatic rings. The molecule has 48 heavy (non-hydrogen) atoms. The maximum absolute atomic E-state index is 14.0. The number of nitrogens with zero attached hydrogens (tertiary/aromatic N) is 2. The normalized spacial score (nSPS) is 32.4. The molecule has 1 N–H and O–H groups in total. The van der Waals surface area contributed by atoms with Crippen LogP contribution in [0.1, 0.15) is 162 Å². The highest BCUT2D eigenvalue weighted by atomic mass is 16.6. The van der Waals surface area contributed by atoms with Crippen molar-refractivity contribution in [1.82, 2.24) is 10.2 Å². The molecule has 9 nitrogen and oxygen atoms in total. The Balaban J connectivity index is 1.04. The maximum atomic E-state index is 14.0. The zero-order valence-electron chi connectivity index (χ0n) is 30.4. The van der Waals surface area contributed by atoms with Crippen LogP contribution in [0.2, 0.25) is 0 Å². The van der Waals surface area contributed by atoms with Crippen LogP contribution >= 0.6 is 0 Å². The van der Waals surface area contributed by atoms with Crippen LogP contribution in [0, 0.1) is 5.92 Å². The molecule has 5 aliphatic heterocycles. The Morgan fingerprint density at radius 1 is 0.938 bits per heavy atom. The first-order valence-corrected chi connectivity index (χ1v) is 19.8. The zero-order chi connectivity index (χ0) is 33.8. The van der Waals surface area contributed by atoms with Gasteiger partial charge in [-0.15, -0.1) is 0 Å². The molecule has 0 aromatic carbocycles. The quantitative estimate of drug-likeness (QED) is 0.0887. The van der Waals surface area contributed by atoms with E-state index in [4.69, 9.17) is 23.9 Å². The Labute approximate surface area is 290 Å². The van der Waals surface area contributed by atoms with E-state index in [1.807, 2.05) is 0 Å². The molecule has 0 amide bonds. The predicted octanol–water partition coefficient (Wildman–Crippen LogP) is 8.10. The summed E-state index contributed by atoms with van der Waals surface area (Å²) in [6, 6.07) is 0.353. The van der Waals surface area contributed by atoms with Crippen molar-refractivity contribution in [2.24, 2.45) is 10.9 Å². The first-order valence-electron chi connectivity index (χ1n) is 19.8. The summed E-state index contributed by atoms with van der Waals surface area (Å²) >= 11 is 0. The van der Waals surface area contributed by atoms with E-state index in [0.717, 1.165) is 89.4 Å². The molecule has 0 radical (unpaired) electrons. The van der Waals surface area contributed by atoms with Crippen LogP contribution in [0.25, 0.3) is 0 Å². The molecule has 9 heteroatoms. The van der Waals surface area contributed by atoms with Gasteiger partial charge in [-0.1, -0.05) is 89.7 Å². The third-order valence-electron chi connectivity index (χ3n) is 11.5. The molecule has 0 aromatic rings. The van der Waals surface area contributed by atoms with E-state index >= 15 is 0 Å². The van der Waals surface area contributed by atoms with E-state index < -0.39 is 17.4 Å². The van der Waals surface area contributed by atoms with Gasteiger partial charge in [-0.2, -0.15) is 0 Å². The van der Waals surface area contributed by atoms with Crippen molar-refractivity contribution in [2.75, 3.05) is 13.7 Å². The Kier molecular flexibility index (Phi) is 14.1. The summed E-state index contributed by atoms with van der Waals surface area (Å²) in [6.45, 7) is 4.78. The summed E-state index contributed by atoms with van der Waals surface area (Å²) in [5.74, 6) is 0.258. The van der Waals surface area contributed by atoms with Gasteiger partial charge in [0, 0.05) is 18.9 Å². The van der Waals surface area contributed by atoms with Crippen molar-refractivity contribution in [3.05, 3.63) is 12.2 Å². The molecule has 0 unspecified atom stereocenters. The van der Waals surface area contributed by atoms with E-state index in [1.165, 1.54) is 64.9 Å². The van der Waals surface area contributed by atoms with Gasteiger partial charge in [-0.3, -0.25) is 9.59 Å². The standard InChI is InChI=1S/C39H65N3O6/c1-4-32-22-17-18-26-38(48-32)29-31-24-25-33-35(39(27-20-21-30(2)47-39)41-37(40-38)42(31)33)36(44)46-28-19-15-13-11-9-7-5-6-8-10-12-14-16-23-34(43)45-3/h17,22,30-33,35H,4-16,18-21,23-29H2,1-3H3,(H,40,41)/t30-,31+,32+,33-,35+,38+,39-/m1/s1. The van der Waals surface area contributed by atoms with E-state index in [9.17, 15) is 9.59 Å². The van der Waals surface area contributed by atoms with Gasteiger partial charge < -0.3 is 29.2 Å². The lowest BCUT2D eigenvalue weighted by Crippen LogP contribution is -2.71. The monoisotopic (exact) mass is 671 g/mol. The van der Waals surface area contributed by atoms with Gasteiger partial charge in [-0.25, -0.2) is 4.99 Å². The van der Waals surface area contributed by atoms with Gasteiger partial charge in [0.05, 0.1) is 32.0 Å². The Bertz CT molecular complexity index is 1100. The molecule has 2 spiro atoms. The number of hydrogen-bond donors (Lipinski definition) is 1. The largest absolute Gasteiger partial charge is 0.469 e. The molecule has 3 saturated heterocycles. The summed E-state index contributed by atoms with van der Waals surface area (Å²) < 4.78 is 24.2. The second-order valence-electron chi connectivity index (χ2n) is 15.2. The van der Waals surface area contributed by atoms with Crippen LogP contribution in [0.3, 0.4) is 0 Å². The van der Waals surface area contributed by atoms with Crippen molar-refractivity contribution in [1.29, 1.82) is 0 Å². The van der Waals surface area contributed by atoms with Crippen LogP contribution < -0.4 is 5.32 Å². The Hall–Kier alpha value is -2.13. The van der Waals surface area contributed by atoms with Crippen LogP contribution in [0.15, 0.2) is 17.1 Å². The van der Waals surface area contributed by atoms with Gasteiger partial charge >= 0.3 is 11.9 Å². The number of esters is 2. The Morgan fingerprint density at radius 3 is 2.29 bits per heavy atom. The second-order valence-corrected chi connectivity index (χ2v) is 15.2. The number of carbonyl (C=O) groups is 2. The fraction of sp³-hybridized carbons (Fsp3) is 0.872. The third-order valence-corrected chi connectivity index (χ3v) is 11.5. The van der Waals surface area contributed by atoms with Crippen molar-refractivity contribution in [3.8, 4) is 0 Å². The lowest BCUT2D eigenvalue weighted by atomic mass is 9.80. The summed E-state index contributed by atoms with van der Waals surface area (Å²) in [4.78, 5) is 32.9. The average Bonchev–Trinajstić information content (AvgIpc) is 3.38. The highest BCUT2D eigenvalue weighted by Gasteiger charge is 2.62. The van der Waals surface area contributed by atoms with Crippen LogP contribution in [-0.2, 0) is 28.5 Å². The minimum absolute atomic E-state index is 0.0441. The number of carbonyl (C=O) groups excluding carboxylic acids is 2. The molecule has 0 saturated carbocycles. The number of methoxy groups -OCH3 is 1. The van der Waals surface area contributed by atoms with Gasteiger partial charge in [0.25, 0.3) is 0 Å². The summed E-state index contributed by atoms with van der Waals surface area (Å²) in [7, 11) is 1.46.